The van der Waals surface area contributed by atoms with Gasteiger partial charge in [0.05, 0.1) is 0 Å². The van der Waals surface area contributed by atoms with Crippen molar-refractivity contribution in [3.63, 3.8) is 0 Å². The molecule has 2 nitrogen and oxygen atoms in total. The summed E-state index contributed by atoms with van der Waals surface area (Å²) >= 11 is 0. The zero-order chi connectivity index (χ0) is 12.4. The quantitative estimate of drug-likeness (QED) is 0.829. The fourth-order valence-corrected chi connectivity index (χ4v) is 4.69. The second kappa shape index (κ2) is 5.50. The van der Waals surface area contributed by atoms with Crippen molar-refractivity contribution < 1.29 is 4.74 Å². The van der Waals surface area contributed by atoms with Gasteiger partial charge in [-0.15, -0.1) is 0 Å². The summed E-state index contributed by atoms with van der Waals surface area (Å²) < 4.78 is 5.58. The zero-order valence-electron chi connectivity index (χ0n) is 11.9. The van der Waals surface area contributed by atoms with Crippen LogP contribution in [0.5, 0.6) is 0 Å². The summed E-state index contributed by atoms with van der Waals surface area (Å²) in [5.74, 6) is 0.947. The van der Waals surface area contributed by atoms with Gasteiger partial charge in [0.25, 0.3) is 0 Å². The van der Waals surface area contributed by atoms with E-state index in [2.05, 4.69) is 12.2 Å². The third-order valence-electron chi connectivity index (χ3n) is 5.97. The van der Waals surface area contributed by atoms with Crippen LogP contribution in [0.15, 0.2) is 0 Å². The molecule has 1 unspecified atom stereocenters. The molecule has 2 aliphatic carbocycles. The van der Waals surface area contributed by atoms with E-state index in [0.717, 1.165) is 31.2 Å². The molecule has 1 spiro atoms. The molecular weight excluding hydrogens is 222 g/mol. The minimum Gasteiger partial charge on any atom is -0.381 e. The fraction of sp³-hybridized carbons (Fsp3) is 1.00. The van der Waals surface area contributed by atoms with Crippen LogP contribution in [0.25, 0.3) is 0 Å². The van der Waals surface area contributed by atoms with Crippen molar-refractivity contribution in [3.05, 3.63) is 0 Å². The first-order chi connectivity index (χ1) is 8.80. The predicted octanol–water partition coefficient (Wildman–Crippen LogP) is 3.50. The molecule has 2 heteroatoms. The highest BCUT2D eigenvalue weighted by Gasteiger charge is 2.44. The molecule has 3 fully saturated rings. The third-order valence-corrected chi connectivity index (χ3v) is 5.97. The molecule has 18 heavy (non-hydrogen) atoms. The zero-order valence-corrected chi connectivity index (χ0v) is 11.9. The van der Waals surface area contributed by atoms with Crippen LogP contribution in [-0.4, -0.2) is 25.3 Å². The maximum atomic E-state index is 5.58. The van der Waals surface area contributed by atoms with Crippen LogP contribution in [0.2, 0.25) is 0 Å². The molecule has 0 radical (unpaired) electrons. The van der Waals surface area contributed by atoms with Crippen molar-refractivity contribution in [2.75, 3.05) is 13.2 Å². The molecule has 0 aromatic rings. The van der Waals surface area contributed by atoms with Gasteiger partial charge in [-0.3, -0.25) is 0 Å². The van der Waals surface area contributed by atoms with Crippen LogP contribution in [0.3, 0.4) is 0 Å². The molecule has 0 aromatic carbocycles. The van der Waals surface area contributed by atoms with Gasteiger partial charge in [-0.2, -0.15) is 0 Å². The van der Waals surface area contributed by atoms with Gasteiger partial charge in [0.15, 0.2) is 0 Å². The summed E-state index contributed by atoms with van der Waals surface area (Å²) in [6, 6.07) is 1.51. The minimum absolute atomic E-state index is 0.588. The fourth-order valence-electron chi connectivity index (χ4n) is 4.69. The molecule has 1 heterocycles. The summed E-state index contributed by atoms with van der Waals surface area (Å²) in [6.07, 6.45) is 12.7. The standard InChI is InChI=1S/C16H29NO/c1-13(14-5-2-3-6-14)17-15-7-4-8-16(15)9-11-18-12-10-16/h13-15,17H,2-12H2,1H3/t13-,15?/m1/s1. The lowest BCUT2D eigenvalue weighted by Gasteiger charge is -2.41. The first kappa shape index (κ1) is 12.9. The van der Waals surface area contributed by atoms with Gasteiger partial charge in [-0.1, -0.05) is 19.3 Å². The average molecular weight is 251 g/mol. The molecule has 2 saturated carbocycles. The van der Waals surface area contributed by atoms with Crippen molar-refractivity contribution in [3.8, 4) is 0 Å². The molecule has 104 valence electrons. The van der Waals surface area contributed by atoms with Crippen LogP contribution in [-0.2, 0) is 4.74 Å². The summed E-state index contributed by atoms with van der Waals surface area (Å²) in [5.41, 5.74) is 0.588. The molecule has 0 amide bonds. The highest BCUT2D eigenvalue weighted by molar-refractivity contribution is 4.99. The van der Waals surface area contributed by atoms with E-state index in [1.807, 2.05) is 0 Å². The maximum absolute atomic E-state index is 5.58. The van der Waals surface area contributed by atoms with E-state index in [-0.39, 0.29) is 0 Å². The van der Waals surface area contributed by atoms with E-state index < -0.39 is 0 Å². The van der Waals surface area contributed by atoms with Crippen LogP contribution in [0, 0.1) is 11.3 Å². The smallest absolute Gasteiger partial charge is 0.0471 e. The summed E-state index contributed by atoms with van der Waals surface area (Å²) in [4.78, 5) is 0. The van der Waals surface area contributed by atoms with Gasteiger partial charge < -0.3 is 10.1 Å². The number of ether oxygens (including phenoxy) is 1. The molecule has 0 bridgehead atoms. The van der Waals surface area contributed by atoms with E-state index in [1.165, 1.54) is 57.8 Å². The van der Waals surface area contributed by atoms with Gasteiger partial charge in [0, 0.05) is 25.3 Å². The normalized spacial score (nSPS) is 34.2. The SMILES string of the molecule is C[C@@H](NC1CCCC12CCOCC2)C1CCCC1. The van der Waals surface area contributed by atoms with E-state index >= 15 is 0 Å². The van der Waals surface area contributed by atoms with Crippen molar-refractivity contribution in [2.45, 2.75) is 76.8 Å². The Hall–Kier alpha value is -0.0800. The van der Waals surface area contributed by atoms with Gasteiger partial charge >= 0.3 is 0 Å². The Labute approximate surface area is 112 Å². The largest absolute Gasteiger partial charge is 0.381 e. The Morgan fingerprint density at radius 3 is 2.44 bits per heavy atom. The second-order valence-electron chi connectivity index (χ2n) is 6.92. The minimum atomic E-state index is 0.588. The first-order valence-electron chi connectivity index (χ1n) is 8.14. The van der Waals surface area contributed by atoms with Crippen molar-refractivity contribution in [2.24, 2.45) is 11.3 Å². The third kappa shape index (κ3) is 2.46. The van der Waals surface area contributed by atoms with Crippen molar-refractivity contribution in [1.82, 2.24) is 5.32 Å². The van der Waals surface area contributed by atoms with Gasteiger partial charge in [-0.05, 0) is 56.8 Å². The number of rotatable bonds is 3. The van der Waals surface area contributed by atoms with Gasteiger partial charge in [0.1, 0.15) is 0 Å². The Kier molecular flexibility index (Phi) is 3.95. The summed E-state index contributed by atoms with van der Waals surface area (Å²) in [6.45, 7) is 4.42. The van der Waals surface area contributed by atoms with Crippen LogP contribution >= 0.6 is 0 Å². The lowest BCUT2D eigenvalue weighted by Crippen LogP contribution is -2.49. The van der Waals surface area contributed by atoms with Crippen molar-refractivity contribution in [1.29, 1.82) is 0 Å². The van der Waals surface area contributed by atoms with Crippen LogP contribution in [0.1, 0.15) is 64.7 Å². The second-order valence-corrected chi connectivity index (χ2v) is 6.92. The van der Waals surface area contributed by atoms with Crippen molar-refractivity contribution >= 4 is 0 Å². The maximum Gasteiger partial charge on any atom is 0.0471 e. The van der Waals surface area contributed by atoms with Crippen LogP contribution in [0.4, 0.5) is 0 Å². The number of nitrogens with one attached hydrogen (secondary N) is 1. The highest BCUT2D eigenvalue weighted by Crippen LogP contribution is 2.46. The lowest BCUT2D eigenvalue weighted by molar-refractivity contribution is 0.00161. The molecule has 3 rings (SSSR count). The van der Waals surface area contributed by atoms with Gasteiger partial charge in [0.2, 0.25) is 0 Å². The van der Waals surface area contributed by atoms with E-state index in [9.17, 15) is 0 Å². The Morgan fingerprint density at radius 1 is 1.00 bits per heavy atom. The topological polar surface area (TPSA) is 21.3 Å². The average Bonchev–Trinajstić information content (AvgIpc) is 3.02. The Morgan fingerprint density at radius 2 is 1.72 bits per heavy atom. The predicted molar refractivity (Wildman–Crippen MR) is 74.7 cm³/mol. The molecular formula is C16H29NO. The molecule has 2 atom stereocenters. The molecule has 0 aromatic heterocycles. The summed E-state index contributed by atoms with van der Waals surface area (Å²) in [7, 11) is 0. The molecule has 1 saturated heterocycles. The van der Waals surface area contributed by atoms with Gasteiger partial charge in [-0.25, -0.2) is 0 Å². The Balaban J connectivity index is 1.60. The molecule has 1 N–H and O–H groups in total. The van der Waals surface area contributed by atoms with E-state index in [0.29, 0.717) is 5.41 Å². The number of hydrogen-bond acceptors (Lipinski definition) is 2. The molecule has 3 aliphatic rings. The van der Waals surface area contributed by atoms with E-state index in [4.69, 9.17) is 4.74 Å². The van der Waals surface area contributed by atoms with Crippen LogP contribution < -0.4 is 5.32 Å². The Bertz CT molecular complexity index is 266. The van der Waals surface area contributed by atoms with E-state index in [1.54, 1.807) is 0 Å². The monoisotopic (exact) mass is 251 g/mol. The number of hydrogen-bond donors (Lipinski definition) is 1. The lowest BCUT2D eigenvalue weighted by atomic mass is 9.75. The molecule has 1 aliphatic heterocycles. The highest BCUT2D eigenvalue weighted by atomic mass is 16.5. The summed E-state index contributed by atoms with van der Waals surface area (Å²) in [5, 5.41) is 4.03. The first-order valence-corrected chi connectivity index (χ1v) is 8.14.